The predicted octanol–water partition coefficient (Wildman–Crippen LogP) is 5.57. The van der Waals surface area contributed by atoms with Crippen LogP contribution in [0.15, 0.2) is 78.9 Å². The highest BCUT2D eigenvalue weighted by molar-refractivity contribution is 5.92. The Morgan fingerprint density at radius 2 is 1.63 bits per heavy atom. The third-order valence-electron chi connectivity index (χ3n) is 8.49. The summed E-state index contributed by atoms with van der Waals surface area (Å²) in [6.45, 7) is 2.75. The van der Waals surface area contributed by atoms with Gasteiger partial charge in [-0.3, -0.25) is 14.5 Å². The summed E-state index contributed by atoms with van der Waals surface area (Å²) in [4.78, 5) is 44.1. The number of carbonyl (C=O) groups excluding carboxylic acids is 3. The zero-order valence-corrected chi connectivity index (χ0v) is 25.2. The first-order valence-corrected chi connectivity index (χ1v) is 15.4. The lowest BCUT2D eigenvalue weighted by Gasteiger charge is -2.34. The fraction of sp³-hybridized carbons (Fsp3) is 0.361. The third-order valence-corrected chi connectivity index (χ3v) is 8.49. The molecule has 2 atom stereocenters. The summed E-state index contributed by atoms with van der Waals surface area (Å²) >= 11 is 0. The number of carbonyl (C=O) groups is 3. The van der Waals surface area contributed by atoms with Crippen LogP contribution < -0.4 is 10.6 Å². The molecule has 2 heterocycles. The van der Waals surface area contributed by atoms with Gasteiger partial charge in [-0.2, -0.15) is 0 Å². The lowest BCUT2D eigenvalue weighted by atomic mass is 9.93. The number of aromatic nitrogens is 1. The molecule has 0 fully saturated rings. The molecule has 0 radical (unpaired) electrons. The summed E-state index contributed by atoms with van der Waals surface area (Å²) < 4.78 is 0. The molecule has 1 aromatic heterocycles. The van der Waals surface area contributed by atoms with Gasteiger partial charge in [-0.05, 0) is 68.0 Å². The molecule has 3 N–H and O–H groups in total. The second-order valence-electron chi connectivity index (χ2n) is 11.7. The van der Waals surface area contributed by atoms with E-state index in [1.54, 1.807) is 6.92 Å². The van der Waals surface area contributed by atoms with Crippen molar-refractivity contribution in [1.82, 2.24) is 20.5 Å². The van der Waals surface area contributed by atoms with Crippen molar-refractivity contribution >= 4 is 28.5 Å². The van der Waals surface area contributed by atoms with E-state index in [4.69, 9.17) is 0 Å². The molecule has 0 bridgehead atoms. The Morgan fingerprint density at radius 3 is 2.42 bits per heavy atom. The van der Waals surface area contributed by atoms with Crippen LogP contribution in [0.2, 0.25) is 0 Å². The number of hydrogen-bond acceptors (Lipinski definition) is 4. The van der Waals surface area contributed by atoms with Gasteiger partial charge in [0.25, 0.3) is 0 Å². The molecule has 0 spiro atoms. The van der Waals surface area contributed by atoms with Crippen LogP contribution in [0.3, 0.4) is 0 Å². The molecule has 7 nitrogen and oxygen atoms in total. The Morgan fingerprint density at radius 1 is 0.907 bits per heavy atom. The number of hydrogen-bond donors (Lipinski definition) is 3. The van der Waals surface area contributed by atoms with Crippen molar-refractivity contribution in [3.05, 3.63) is 95.6 Å². The Kier molecular flexibility index (Phi) is 10.1. The van der Waals surface area contributed by atoms with Crippen LogP contribution in [0.25, 0.3) is 22.2 Å². The molecular formula is C36H42N4O3. The number of aromatic amines is 1. The Hall–Kier alpha value is -4.23. The van der Waals surface area contributed by atoms with E-state index in [0.29, 0.717) is 38.8 Å². The number of para-hydroxylation sites is 1. The molecule has 1 unspecified atom stereocenters. The van der Waals surface area contributed by atoms with Crippen LogP contribution in [-0.4, -0.2) is 53.2 Å². The van der Waals surface area contributed by atoms with Gasteiger partial charge in [0, 0.05) is 36.1 Å². The molecule has 0 aliphatic carbocycles. The third kappa shape index (κ3) is 7.59. The summed E-state index contributed by atoms with van der Waals surface area (Å²) in [5.74, 6) is -0.112. The van der Waals surface area contributed by atoms with Gasteiger partial charge in [0.1, 0.15) is 11.8 Å². The van der Waals surface area contributed by atoms with Gasteiger partial charge < -0.3 is 20.4 Å². The monoisotopic (exact) mass is 578 g/mol. The first kappa shape index (κ1) is 30.2. The largest absolute Gasteiger partial charge is 0.354 e. The van der Waals surface area contributed by atoms with Gasteiger partial charge in [-0.15, -0.1) is 0 Å². The number of nitrogens with zero attached hydrogens (tertiary/aromatic N) is 1. The number of unbranched alkanes of at least 4 members (excludes halogenated alkanes) is 2. The Balaban J connectivity index is 1.26. The number of benzene rings is 3. The van der Waals surface area contributed by atoms with E-state index in [1.807, 2.05) is 49.5 Å². The van der Waals surface area contributed by atoms with Crippen LogP contribution in [0.1, 0.15) is 55.7 Å². The number of rotatable bonds is 13. The van der Waals surface area contributed by atoms with Gasteiger partial charge in [-0.1, -0.05) is 85.6 Å². The van der Waals surface area contributed by atoms with Crippen molar-refractivity contribution in [2.75, 3.05) is 13.6 Å². The van der Waals surface area contributed by atoms with Crippen molar-refractivity contribution < 1.29 is 14.4 Å². The molecule has 4 aromatic rings. The maximum atomic E-state index is 13.6. The fourth-order valence-corrected chi connectivity index (χ4v) is 6.13. The van der Waals surface area contributed by atoms with Gasteiger partial charge in [-0.25, -0.2) is 0 Å². The van der Waals surface area contributed by atoms with Crippen LogP contribution in [0.4, 0.5) is 0 Å². The van der Waals surface area contributed by atoms with Gasteiger partial charge >= 0.3 is 0 Å². The maximum Gasteiger partial charge on any atom is 0.242 e. The van der Waals surface area contributed by atoms with Crippen LogP contribution >= 0.6 is 0 Å². The van der Waals surface area contributed by atoms with Gasteiger partial charge in [0.05, 0.1) is 6.04 Å². The molecule has 43 heavy (non-hydrogen) atoms. The normalized spacial score (nSPS) is 15.5. The van der Waals surface area contributed by atoms with Crippen molar-refractivity contribution in [3.8, 4) is 11.3 Å². The minimum Gasteiger partial charge on any atom is -0.354 e. The zero-order chi connectivity index (χ0) is 30.2. The minimum atomic E-state index is -0.632. The molecular weight excluding hydrogens is 536 g/mol. The fourth-order valence-electron chi connectivity index (χ4n) is 6.13. The molecule has 0 saturated heterocycles. The van der Waals surface area contributed by atoms with Crippen molar-refractivity contribution in [2.45, 2.75) is 70.5 Å². The van der Waals surface area contributed by atoms with E-state index in [0.717, 1.165) is 47.0 Å². The van der Waals surface area contributed by atoms with Gasteiger partial charge in [0.15, 0.2) is 0 Å². The van der Waals surface area contributed by atoms with E-state index in [2.05, 4.69) is 56.9 Å². The number of likely N-dealkylation sites (N-methyl/N-ethyl adjacent to an activating group) is 1. The lowest BCUT2D eigenvalue weighted by Crippen LogP contribution is -2.54. The van der Waals surface area contributed by atoms with Crippen molar-refractivity contribution in [1.29, 1.82) is 0 Å². The minimum absolute atomic E-state index is 0.121. The smallest absolute Gasteiger partial charge is 0.242 e. The average molecular weight is 579 g/mol. The van der Waals surface area contributed by atoms with Crippen LogP contribution in [0.5, 0.6) is 0 Å². The quantitative estimate of drug-likeness (QED) is 0.181. The highest BCUT2D eigenvalue weighted by Gasteiger charge is 2.31. The number of fused-ring (bicyclic) bond motifs is 2. The molecule has 7 heteroatoms. The first-order chi connectivity index (χ1) is 20.9. The number of ketones is 1. The summed E-state index contributed by atoms with van der Waals surface area (Å²) in [6, 6.07) is 25.7. The Bertz CT molecular complexity index is 1560. The number of Topliss-reactive ketones (excluding diaryl/α,β-unsaturated/α-hetero) is 1. The SMILES string of the molecule is CC(=O)CCCCC[C@H](NC(=O)C1Cc2ccccc2CN1C)C(=O)NCCc1c(-c2ccccc2)[nH]c2ccccc12. The number of nitrogens with one attached hydrogen (secondary N) is 3. The summed E-state index contributed by atoms with van der Waals surface area (Å²) in [5.41, 5.74) is 6.81. The summed E-state index contributed by atoms with van der Waals surface area (Å²) in [6.07, 6.45) is 4.74. The van der Waals surface area contributed by atoms with E-state index in [-0.39, 0.29) is 23.6 Å². The molecule has 2 amide bonds. The average Bonchev–Trinajstić information content (AvgIpc) is 3.38. The second kappa shape index (κ2) is 14.3. The molecule has 1 aliphatic rings. The number of amides is 2. The standard InChI is InChI=1S/C36H42N4O3/c1-25(41)13-5-3-8-20-32(39-36(43)33-23-27-16-9-10-17-28(27)24-40(33)2)35(42)37-22-21-30-29-18-11-12-19-31(29)38-34(30)26-14-6-4-7-15-26/h4,6-7,9-12,14-19,32-33,38H,3,5,8,13,20-24H2,1-2H3,(H,37,42)(H,39,43)/t32-,33?/m0/s1. The zero-order valence-electron chi connectivity index (χ0n) is 25.2. The second-order valence-corrected chi connectivity index (χ2v) is 11.7. The molecule has 0 saturated carbocycles. The van der Waals surface area contributed by atoms with Gasteiger partial charge in [0.2, 0.25) is 11.8 Å². The summed E-state index contributed by atoms with van der Waals surface area (Å²) in [7, 11) is 1.96. The highest BCUT2D eigenvalue weighted by atomic mass is 16.2. The van der Waals surface area contributed by atoms with Crippen LogP contribution in [-0.2, 0) is 33.8 Å². The van der Waals surface area contributed by atoms with Crippen molar-refractivity contribution in [3.63, 3.8) is 0 Å². The van der Waals surface area contributed by atoms with E-state index in [9.17, 15) is 14.4 Å². The molecule has 5 rings (SSSR count). The Labute approximate surface area is 254 Å². The topological polar surface area (TPSA) is 94.3 Å². The predicted molar refractivity (Wildman–Crippen MR) is 172 cm³/mol. The highest BCUT2D eigenvalue weighted by Crippen LogP contribution is 2.30. The molecule has 1 aliphatic heterocycles. The maximum absolute atomic E-state index is 13.6. The van der Waals surface area contributed by atoms with E-state index < -0.39 is 6.04 Å². The summed E-state index contributed by atoms with van der Waals surface area (Å²) in [5, 5.41) is 7.36. The van der Waals surface area contributed by atoms with E-state index >= 15 is 0 Å². The van der Waals surface area contributed by atoms with E-state index in [1.165, 1.54) is 11.1 Å². The first-order valence-electron chi connectivity index (χ1n) is 15.4. The molecule has 3 aromatic carbocycles. The molecule has 224 valence electrons. The van der Waals surface area contributed by atoms with Crippen molar-refractivity contribution in [2.24, 2.45) is 0 Å². The lowest BCUT2D eigenvalue weighted by molar-refractivity contribution is -0.132. The number of H-pyrrole nitrogens is 1. The van der Waals surface area contributed by atoms with Crippen LogP contribution in [0, 0.1) is 0 Å².